The van der Waals surface area contributed by atoms with Gasteiger partial charge in [0, 0.05) is 5.56 Å². The fourth-order valence-electron chi connectivity index (χ4n) is 3.91. The molecule has 0 spiro atoms. The van der Waals surface area contributed by atoms with Crippen molar-refractivity contribution in [3.8, 4) is 0 Å². The van der Waals surface area contributed by atoms with Crippen molar-refractivity contribution in [1.29, 1.82) is 0 Å². The Labute approximate surface area is 168 Å². The van der Waals surface area contributed by atoms with Gasteiger partial charge < -0.3 is 10.2 Å². The highest BCUT2D eigenvalue weighted by molar-refractivity contribution is 7.18. The molecule has 2 atom stereocenters. The molecule has 2 N–H and O–H groups in total. The summed E-state index contributed by atoms with van der Waals surface area (Å²) in [4.78, 5) is 30.4. The summed E-state index contributed by atoms with van der Waals surface area (Å²) in [6.45, 7) is 3.84. The van der Waals surface area contributed by atoms with Crippen molar-refractivity contribution >= 4 is 38.9 Å². The normalized spacial score (nSPS) is 19.5. The predicted molar refractivity (Wildman–Crippen MR) is 112 cm³/mol. The van der Waals surface area contributed by atoms with Crippen LogP contribution in [0.5, 0.6) is 0 Å². The topological polar surface area (TPSA) is 63.5 Å². The number of piperidine rings is 1. The number of benzene rings is 2. The van der Waals surface area contributed by atoms with E-state index in [4.69, 9.17) is 4.98 Å². The maximum atomic E-state index is 12.6. The first kappa shape index (κ1) is 18.8. The largest absolute Gasteiger partial charge is 0.327 e. The SMILES string of the molecule is CC(=O)c1ccccc1NC(=O)C[NH+]1CCC[C@H](c2nc3ccccc3s2)C1. The van der Waals surface area contributed by atoms with Gasteiger partial charge >= 0.3 is 0 Å². The van der Waals surface area contributed by atoms with Gasteiger partial charge in [0.1, 0.15) is 5.01 Å². The van der Waals surface area contributed by atoms with Crippen LogP contribution < -0.4 is 10.2 Å². The Balaban J connectivity index is 1.41. The van der Waals surface area contributed by atoms with Gasteiger partial charge in [0.25, 0.3) is 5.91 Å². The number of quaternary nitrogens is 1. The van der Waals surface area contributed by atoms with E-state index in [1.54, 1.807) is 23.5 Å². The number of rotatable bonds is 5. The molecule has 1 aromatic heterocycles. The second kappa shape index (κ2) is 8.20. The first-order valence-corrected chi connectivity index (χ1v) is 10.5. The number of carbonyl (C=O) groups is 2. The van der Waals surface area contributed by atoms with Crippen LogP contribution in [0.25, 0.3) is 10.2 Å². The molecule has 3 aromatic rings. The van der Waals surface area contributed by atoms with E-state index in [1.165, 1.54) is 21.5 Å². The number of hydrogen-bond donors (Lipinski definition) is 2. The Hall–Kier alpha value is -2.57. The van der Waals surface area contributed by atoms with Crippen LogP contribution in [0.1, 0.15) is 41.0 Å². The van der Waals surface area contributed by atoms with E-state index in [0.717, 1.165) is 31.4 Å². The van der Waals surface area contributed by atoms with Gasteiger partial charge in [-0.15, -0.1) is 11.3 Å². The van der Waals surface area contributed by atoms with Gasteiger partial charge in [-0.2, -0.15) is 0 Å². The summed E-state index contributed by atoms with van der Waals surface area (Å²) in [5.74, 6) is 0.309. The summed E-state index contributed by atoms with van der Waals surface area (Å²) in [6, 6.07) is 15.4. The van der Waals surface area contributed by atoms with Crippen LogP contribution in [0, 0.1) is 0 Å². The highest BCUT2D eigenvalue weighted by atomic mass is 32.1. The standard InChI is InChI=1S/C22H23N3O2S/c1-15(26)17-8-2-3-9-18(17)23-21(27)14-25-12-6-7-16(13-25)22-24-19-10-4-5-11-20(19)28-22/h2-5,8-11,16H,6-7,12-14H2,1H3,(H,23,27)/p+1/t16-/m0/s1. The minimum atomic E-state index is -0.0475. The molecule has 2 aromatic carbocycles. The molecule has 144 valence electrons. The fourth-order valence-corrected chi connectivity index (χ4v) is 5.01. The van der Waals surface area contributed by atoms with Crippen LogP contribution in [0.15, 0.2) is 48.5 Å². The van der Waals surface area contributed by atoms with E-state index in [2.05, 4.69) is 17.4 Å². The third-order valence-electron chi connectivity index (χ3n) is 5.27. The van der Waals surface area contributed by atoms with Gasteiger partial charge in [-0.25, -0.2) is 4.98 Å². The zero-order chi connectivity index (χ0) is 19.5. The van der Waals surface area contributed by atoms with Crippen molar-refractivity contribution in [3.05, 3.63) is 59.1 Å². The minimum Gasteiger partial charge on any atom is -0.327 e. The van der Waals surface area contributed by atoms with Gasteiger partial charge in [0.05, 0.1) is 34.9 Å². The highest BCUT2D eigenvalue weighted by Gasteiger charge is 2.28. The maximum Gasteiger partial charge on any atom is 0.279 e. The summed E-state index contributed by atoms with van der Waals surface area (Å²) < 4.78 is 1.23. The van der Waals surface area contributed by atoms with Crippen molar-refractivity contribution in [2.24, 2.45) is 0 Å². The van der Waals surface area contributed by atoms with Crippen LogP contribution in [0.3, 0.4) is 0 Å². The maximum absolute atomic E-state index is 12.6. The average molecular weight is 395 g/mol. The van der Waals surface area contributed by atoms with Crippen LogP contribution in [-0.4, -0.2) is 36.3 Å². The van der Waals surface area contributed by atoms with Gasteiger partial charge in [-0.3, -0.25) is 9.59 Å². The molecule has 1 saturated heterocycles. The number of nitrogens with one attached hydrogen (secondary N) is 2. The van der Waals surface area contributed by atoms with E-state index < -0.39 is 0 Å². The Kier molecular flexibility index (Phi) is 5.50. The second-order valence-corrected chi connectivity index (χ2v) is 8.45. The molecular formula is C22H24N3O2S+. The van der Waals surface area contributed by atoms with Crippen molar-refractivity contribution in [2.75, 3.05) is 25.0 Å². The smallest absolute Gasteiger partial charge is 0.279 e. The summed E-state index contributed by atoms with van der Waals surface area (Å²) in [5, 5.41) is 4.10. The van der Waals surface area contributed by atoms with E-state index >= 15 is 0 Å². The number of likely N-dealkylation sites (tertiary alicyclic amines) is 1. The van der Waals surface area contributed by atoms with Gasteiger partial charge in [-0.1, -0.05) is 24.3 Å². The summed E-state index contributed by atoms with van der Waals surface area (Å²) in [5.41, 5.74) is 2.21. The second-order valence-electron chi connectivity index (χ2n) is 7.39. The van der Waals surface area contributed by atoms with Crippen LogP contribution in [0.4, 0.5) is 5.69 Å². The minimum absolute atomic E-state index is 0.0443. The van der Waals surface area contributed by atoms with E-state index in [1.807, 2.05) is 24.3 Å². The van der Waals surface area contributed by atoms with Crippen molar-refractivity contribution in [3.63, 3.8) is 0 Å². The zero-order valence-electron chi connectivity index (χ0n) is 15.9. The van der Waals surface area contributed by atoms with E-state index in [9.17, 15) is 9.59 Å². The molecule has 0 radical (unpaired) electrons. The average Bonchev–Trinajstić information content (AvgIpc) is 3.13. The lowest BCUT2D eigenvalue weighted by molar-refractivity contribution is -0.898. The van der Waals surface area contributed by atoms with Gasteiger partial charge in [0.2, 0.25) is 0 Å². The number of anilines is 1. The number of amides is 1. The number of para-hydroxylation sites is 2. The van der Waals surface area contributed by atoms with Crippen LogP contribution in [-0.2, 0) is 4.79 Å². The molecule has 1 fully saturated rings. The molecule has 6 heteroatoms. The van der Waals surface area contributed by atoms with Gasteiger partial charge in [-0.05, 0) is 44.0 Å². The number of nitrogens with zero attached hydrogens (tertiary/aromatic N) is 1. The Morgan fingerprint density at radius 3 is 2.79 bits per heavy atom. The highest BCUT2D eigenvalue weighted by Crippen LogP contribution is 2.30. The number of ketones is 1. The van der Waals surface area contributed by atoms with Crippen molar-refractivity contribution in [1.82, 2.24) is 4.98 Å². The van der Waals surface area contributed by atoms with Crippen molar-refractivity contribution in [2.45, 2.75) is 25.7 Å². The first-order valence-electron chi connectivity index (χ1n) is 9.69. The Morgan fingerprint density at radius 2 is 1.96 bits per heavy atom. The molecule has 0 saturated carbocycles. The quantitative estimate of drug-likeness (QED) is 0.654. The Bertz CT molecular complexity index is 981. The summed E-state index contributed by atoms with van der Waals surface area (Å²) >= 11 is 1.77. The molecule has 5 nitrogen and oxygen atoms in total. The number of fused-ring (bicyclic) bond motifs is 1. The van der Waals surface area contributed by atoms with Crippen LogP contribution >= 0.6 is 11.3 Å². The third kappa shape index (κ3) is 4.13. The number of aromatic nitrogens is 1. The number of carbonyl (C=O) groups excluding carboxylic acids is 2. The lowest BCUT2D eigenvalue weighted by Gasteiger charge is -2.28. The molecule has 1 amide bonds. The lowest BCUT2D eigenvalue weighted by Crippen LogP contribution is -3.14. The number of hydrogen-bond acceptors (Lipinski definition) is 4. The molecular weight excluding hydrogens is 370 g/mol. The monoisotopic (exact) mass is 394 g/mol. The van der Waals surface area contributed by atoms with E-state index in [0.29, 0.717) is 23.7 Å². The van der Waals surface area contributed by atoms with E-state index in [-0.39, 0.29) is 11.7 Å². The summed E-state index contributed by atoms with van der Waals surface area (Å²) in [6.07, 6.45) is 2.21. The molecule has 0 aliphatic carbocycles. The molecule has 4 rings (SSSR count). The molecule has 28 heavy (non-hydrogen) atoms. The number of Topliss-reactive ketones (excluding diaryl/α,β-unsaturated/α-hetero) is 1. The Morgan fingerprint density at radius 1 is 1.18 bits per heavy atom. The van der Waals surface area contributed by atoms with Crippen molar-refractivity contribution < 1.29 is 14.5 Å². The van der Waals surface area contributed by atoms with Crippen LogP contribution in [0.2, 0.25) is 0 Å². The summed E-state index contributed by atoms with van der Waals surface area (Å²) in [7, 11) is 0. The molecule has 1 unspecified atom stereocenters. The molecule has 2 heterocycles. The third-order valence-corrected chi connectivity index (χ3v) is 6.47. The zero-order valence-corrected chi connectivity index (χ0v) is 16.7. The molecule has 0 bridgehead atoms. The molecule has 1 aliphatic heterocycles. The van der Waals surface area contributed by atoms with Gasteiger partial charge in [0.15, 0.2) is 12.3 Å². The number of thiazole rings is 1. The molecule has 1 aliphatic rings. The lowest BCUT2D eigenvalue weighted by atomic mass is 9.99. The first-order chi connectivity index (χ1) is 13.6. The predicted octanol–water partition coefficient (Wildman–Crippen LogP) is 2.90. The fraction of sp³-hybridized carbons (Fsp3) is 0.318.